The van der Waals surface area contributed by atoms with Gasteiger partial charge in [-0.3, -0.25) is 0 Å². The van der Waals surface area contributed by atoms with Gasteiger partial charge in [0, 0.05) is 0 Å². The molecule has 3 fully saturated rings. The number of nitrogens with one attached hydrogen (secondary N) is 1. The minimum absolute atomic E-state index is 0.131. The third-order valence-electron chi connectivity index (χ3n) is 8.34. The molecule has 2 bridgehead atoms. The molecule has 0 aliphatic carbocycles. The van der Waals surface area contributed by atoms with Crippen molar-refractivity contribution in [1.29, 1.82) is 0 Å². The molecule has 192 valence electrons. The van der Waals surface area contributed by atoms with Crippen molar-refractivity contribution in [1.82, 2.24) is 15.3 Å². The van der Waals surface area contributed by atoms with Crippen molar-refractivity contribution in [2.24, 2.45) is 0 Å². The summed E-state index contributed by atoms with van der Waals surface area (Å²) in [5, 5.41) is 3.86. The first-order valence-corrected chi connectivity index (χ1v) is 21.5. The average Bonchev–Trinajstić information content (AvgIpc) is 2.88. The van der Waals surface area contributed by atoms with E-state index in [0.717, 1.165) is 19.5 Å². The zero-order valence-corrected chi connectivity index (χ0v) is 25.3. The summed E-state index contributed by atoms with van der Waals surface area (Å²) in [4.78, 5) is 12.1. The second-order valence-corrected chi connectivity index (χ2v) is 24.3. The van der Waals surface area contributed by atoms with Gasteiger partial charge in [0.25, 0.3) is 0 Å². The van der Waals surface area contributed by atoms with Gasteiger partial charge in [-0.05, 0) is 0 Å². The molecule has 3 saturated heterocycles. The summed E-state index contributed by atoms with van der Waals surface area (Å²) < 4.78 is 11.4. The molecular formula is C29H46N4OSn. The number of methoxy groups -OCH3 is 1. The number of hydrogen-bond acceptors (Lipinski definition) is 5. The van der Waals surface area contributed by atoms with E-state index in [2.05, 4.69) is 60.4 Å². The molecule has 5 rings (SSSR count). The van der Waals surface area contributed by atoms with Gasteiger partial charge in [0.05, 0.1) is 7.11 Å². The molecule has 2 unspecified atom stereocenters. The monoisotopic (exact) mass is 586 g/mol. The Morgan fingerprint density at radius 1 is 0.971 bits per heavy atom. The number of pyridine rings is 2. The Hall–Kier alpha value is -1.34. The number of aromatic nitrogens is 2. The number of piperidine rings is 1. The van der Waals surface area contributed by atoms with Gasteiger partial charge in [-0.2, -0.15) is 0 Å². The van der Waals surface area contributed by atoms with Gasteiger partial charge in [-0.1, -0.05) is 0 Å². The van der Waals surface area contributed by atoms with Gasteiger partial charge in [0.15, 0.2) is 0 Å². The third-order valence-corrected chi connectivity index (χ3v) is 23.9. The summed E-state index contributed by atoms with van der Waals surface area (Å²) in [6.07, 6.45) is 14.7. The van der Waals surface area contributed by atoms with E-state index >= 15 is 0 Å². The van der Waals surface area contributed by atoms with Gasteiger partial charge < -0.3 is 4.74 Å². The molecular weight excluding hydrogens is 539 g/mol. The quantitative estimate of drug-likeness (QED) is 0.288. The predicted octanol–water partition coefficient (Wildman–Crippen LogP) is 5.70. The van der Waals surface area contributed by atoms with Crippen molar-refractivity contribution >= 4 is 27.8 Å². The van der Waals surface area contributed by atoms with Crippen LogP contribution in [0.25, 0.3) is 0 Å². The molecule has 3 aliphatic heterocycles. The fraction of sp³-hybridized carbons (Fsp3) is 0.655. The van der Waals surface area contributed by atoms with Gasteiger partial charge in [0.2, 0.25) is 0 Å². The topological polar surface area (TPSA) is 50.3 Å². The van der Waals surface area contributed by atoms with Gasteiger partial charge in [-0.15, -0.1) is 0 Å². The zero-order valence-electron chi connectivity index (χ0n) is 22.5. The number of unbranched alkanes of at least 4 members (excludes halogenated alkanes) is 3. The van der Waals surface area contributed by atoms with E-state index in [9.17, 15) is 0 Å². The Kier molecular flexibility index (Phi) is 9.36. The van der Waals surface area contributed by atoms with Crippen LogP contribution in [0.5, 0.6) is 5.88 Å². The molecule has 0 aromatic carbocycles. The van der Waals surface area contributed by atoms with Crippen LogP contribution < -0.4 is 18.5 Å². The van der Waals surface area contributed by atoms with Gasteiger partial charge in [0.1, 0.15) is 0 Å². The zero-order chi connectivity index (χ0) is 24.7. The minimum atomic E-state index is -2.41. The second-order valence-electron chi connectivity index (χ2n) is 11.1. The van der Waals surface area contributed by atoms with Crippen LogP contribution in [0.2, 0.25) is 13.3 Å². The number of fused-ring (bicyclic) bond motifs is 2. The van der Waals surface area contributed by atoms with Crippen LogP contribution in [0.1, 0.15) is 71.3 Å². The van der Waals surface area contributed by atoms with Crippen molar-refractivity contribution < 1.29 is 4.74 Å². The summed E-state index contributed by atoms with van der Waals surface area (Å²) in [5.74, 6) is 1.84. The molecule has 0 radical (unpaired) electrons. The van der Waals surface area contributed by atoms with E-state index in [1.54, 1.807) is 10.7 Å². The van der Waals surface area contributed by atoms with Crippen LogP contribution >= 0.6 is 0 Å². The van der Waals surface area contributed by atoms with E-state index in [1.165, 1.54) is 69.6 Å². The third kappa shape index (κ3) is 6.33. The van der Waals surface area contributed by atoms with Gasteiger partial charge in [-0.25, -0.2) is 0 Å². The first-order valence-electron chi connectivity index (χ1n) is 14.0. The molecule has 35 heavy (non-hydrogen) atoms. The van der Waals surface area contributed by atoms with E-state index in [-0.39, 0.29) is 5.54 Å². The van der Waals surface area contributed by atoms with E-state index in [4.69, 9.17) is 9.72 Å². The fourth-order valence-electron chi connectivity index (χ4n) is 6.42. The first-order chi connectivity index (χ1) is 17.0. The molecule has 5 nitrogen and oxygen atoms in total. The first kappa shape index (κ1) is 26.7. The van der Waals surface area contributed by atoms with Crippen LogP contribution in [0, 0.1) is 0 Å². The van der Waals surface area contributed by atoms with Crippen molar-refractivity contribution in [3.63, 3.8) is 0 Å². The molecule has 2 aromatic rings. The van der Waals surface area contributed by atoms with Crippen LogP contribution in [0.3, 0.4) is 0 Å². The van der Waals surface area contributed by atoms with E-state index < -0.39 is 18.4 Å². The fourth-order valence-corrected chi connectivity index (χ4v) is 22.1. The number of hydrogen-bond donors (Lipinski definition) is 1. The number of piperazine rings is 1. The van der Waals surface area contributed by atoms with Crippen molar-refractivity contribution in [3.05, 3.63) is 42.2 Å². The van der Waals surface area contributed by atoms with Gasteiger partial charge >= 0.3 is 206 Å². The Morgan fingerprint density at radius 2 is 1.66 bits per heavy atom. The van der Waals surface area contributed by atoms with Crippen LogP contribution in [-0.2, 0) is 6.42 Å². The Labute approximate surface area is 217 Å². The maximum absolute atomic E-state index is 5.23. The summed E-state index contributed by atoms with van der Waals surface area (Å²) >= 11 is -2.41. The Balaban J connectivity index is 1.48. The summed E-state index contributed by atoms with van der Waals surface area (Å²) in [5.41, 5.74) is 1.40. The van der Waals surface area contributed by atoms with Crippen molar-refractivity contribution in [3.8, 4) is 5.88 Å². The normalized spacial score (nSPS) is 21.6. The summed E-state index contributed by atoms with van der Waals surface area (Å²) in [7, 11) is 1.67. The maximum atomic E-state index is 5.23. The SMILES string of the molecule is CCC[CH2][Sn]([CH2]CCC)([CH2]CCC)[c]1ccc(N2CC3CC(Cc4ccc(OC)nc4)(C2)N3)nc1. The number of ether oxygens (including phenoxy) is 1. The van der Waals surface area contributed by atoms with Crippen LogP contribution in [-0.4, -0.2) is 60.1 Å². The summed E-state index contributed by atoms with van der Waals surface area (Å²) in [6.45, 7) is 9.13. The van der Waals surface area contributed by atoms with E-state index in [0.29, 0.717) is 11.9 Å². The molecule has 1 N–H and O–H groups in total. The Bertz CT molecular complexity index is 890. The molecule has 0 amide bonds. The van der Waals surface area contributed by atoms with Crippen LogP contribution in [0.4, 0.5) is 5.82 Å². The van der Waals surface area contributed by atoms with Crippen LogP contribution in [0.15, 0.2) is 36.7 Å². The molecule has 0 spiro atoms. The standard InChI is InChI=1S/C17H19N4O.3C4H9.Sn/c1-22-16-6-5-13(10-19-16)8-17-9-14(20-17)11-21(12-17)15-4-2-3-7-18-15;3*1-3-4-2;/h2,4-7,10,14,20H,8-9,11-12H2,1H3;3*1,3-4H2,2H3;. The molecule has 6 heteroatoms. The number of rotatable bonds is 14. The number of nitrogens with zero attached hydrogens (tertiary/aromatic N) is 3. The predicted molar refractivity (Wildman–Crippen MR) is 150 cm³/mol. The average molecular weight is 585 g/mol. The number of anilines is 1. The van der Waals surface area contributed by atoms with Crippen molar-refractivity contribution in [2.75, 3.05) is 25.1 Å². The molecule has 0 saturated carbocycles. The molecule has 3 aliphatic rings. The second kappa shape index (κ2) is 12.3. The molecule has 2 aromatic heterocycles. The van der Waals surface area contributed by atoms with E-state index in [1.807, 2.05) is 12.3 Å². The van der Waals surface area contributed by atoms with Crippen molar-refractivity contribution in [2.45, 2.75) is 97.0 Å². The molecule has 5 heterocycles. The summed E-state index contributed by atoms with van der Waals surface area (Å²) in [6, 6.07) is 9.55. The molecule has 2 atom stereocenters. The Morgan fingerprint density at radius 3 is 2.17 bits per heavy atom.